The van der Waals surface area contributed by atoms with E-state index < -0.39 is 0 Å². The third-order valence-corrected chi connectivity index (χ3v) is 3.40. The SMILES string of the molecule is NCCCNc1ccc(C2CCCCC2)nn1. The minimum atomic E-state index is 0.634. The lowest BCUT2D eigenvalue weighted by molar-refractivity contribution is 0.434. The highest BCUT2D eigenvalue weighted by Crippen LogP contribution is 2.31. The number of nitrogens with zero attached hydrogens (tertiary/aromatic N) is 2. The first kappa shape index (κ1) is 12.3. The number of hydrogen-bond donors (Lipinski definition) is 2. The molecule has 0 aromatic carbocycles. The van der Waals surface area contributed by atoms with Gasteiger partial charge in [0, 0.05) is 12.5 Å². The van der Waals surface area contributed by atoms with E-state index in [-0.39, 0.29) is 0 Å². The van der Waals surface area contributed by atoms with Crippen LogP contribution in [0.1, 0.15) is 50.1 Å². The van der Waals surface area contributed by atoms with Gasteiger partial charge < -0.3 is 11.1 Å². The lowest BCUT2D eigenvalue weighted by Crippen LogP contribution is -2.11. The number of nitrogens with one attached hydrogen (secondary N) is 1. The predicted molar refractivity (Wildman–Crippen MR) is 70.0 cm³/mol. The van der Waals surface area contributed by atoms with E-state index in [2.05, 4.69) is 21.6 Å². The Morgan fingerprint density at radius 1 is 1.18 bits per heavy atom. The molecule has 94 valence electrons. The van der Waals surface area contributed by atoms with E-state index in [0.717, 1.165) is 24.5 Å². The fourth-order valence-corrected chi connectivity index (χ4v) is 2.37. The standard InChI is InChI=1S/C13H22N4/c14-9-4-10-15-13-8-7-12(16-17-13)11-5-2-1-3-6-11/h7-8,11H,1-6,9-10,14H2,(H,15,17). The van der Waals surface area contributed by atoms with E-state index in [1.165, 1.54) is 32.1 Å². The van der Waals surface area contributed by atoms with Gasteiger partial charge in [-0.2, -0.15) is 5.10 Å². The fourth-order valence-electron chi connectivity index (χ4n) is 2.37. The van der Waals surface area contributed by atoms with Crippen LogP contribution in [0.4, 0.5) is 5.82 Å². The Balaban J connectivity index is 1.88. The van der Waals surface area contributed by atoms with E-state index in [1.807, 2.05) is 6.07 Å². The average Bonchev–Trinajstić information content (AvgIpc) is 2.41. The molecule has 1 aromatic rings. The Hall–Kier alpha value is -1.16. The molecule has 0 unspecified atom stereocenters. The fraction of sp³-hybridized carbons (Fsp3) is 0.692. The first-order valence-corrected chi connectivity index (χ1v) is 6.67. The summed E-state index contributed by atoms with van der Waals surface area (Å²) in [7, 11) is 0. The molecule has 0 aliphatic heterocycles. The van der Waals surface area contributed by atoms with Gasteiger partial charge in [0.2, 0.25) is 0 Å². The van der Waals surface area contributed by atoms with Crippen LogP contribution in [0, 0.1) is 0 Å². The van der Waals surface area contributed by atoms with E-state index in [0.29, 0.717) is 12.5 Å². The molecule has 0 bridgehead atoms. The number of hydrogen-bond acceptors (Lipinski definition) is 4. The summed E-state index contributed by atoms with van der Waals surface area (Å²) in [6.45, 7) is 1.58. The van der Waals surface area contributed by atoms with Gasteiger partial charge in [-0.15, -0.1) is 5.10 Å². The molecule has 2 rings (SSSR count). The maximum Gasteiger partial charge on any atom is 0.148 e. The number of rotatable bonds is 5. The van der Waals surface area contributed by atoms with Crippen molar-refractivity contribution >= 4 is 5.82 Å². The van der Waals surface area contributed by atoms with Gasteiger partial charge in [-0.1, -0.05) is 19.3 Å². The minimum Gasteiger partial charge on any atom is -0.369 e. The van der Waals surface area contributed by atoms with Gasteiger partial charge in [0.25, 0.3) is 0 Å². The number of anilines is 1. The lowest BCUT2D eigenvalue weighted by atomic mass is 9.87. The first-order valence-electron chi connectivity index (χ1n) is 6.67. The number of aromatic nitrogens is 2. The Kier molecular flexibility index (Phi) is 4.74. The average molecular weight is 234 g/mol. The summed E-state index contributed by atoms with van der Waals surface area (Å²) in [6, 6.07) is 4.15. The molecule has 3 N–H and O–H groups in total. The summed E-state index contributed by atoms with van der Waals surface area (Å²) in [5.41, 5.74) is 6.60. The second kappa shape index (κ2) is 6.55. The third kappa shape index (κ3) is 3.66. The van der Waals surface area contributed by atoms with Gasteiger partial charge in [0.1, 0.15) is 5.82 Å². The van der Waals surface area contributed by atoms with Gasteiger partial charge in [-0.3, -0.25) is 0 Å². The normalized spacial score (nSPS) is 17.0. The highest BCUT2D eigenvalue weighted by Gasteiger charge is 2.16. The highest BCUT2D eigenvalue weighted by molar-refractivity contribution is 5.33. The molecule has 1 fully saturated rings. The smallest absolute Gasteiger partial charge is 0.148 e. The molecule has 17 heavy (non-hydrogen) atoms. The van der Waals surface area contributed by atoms with E-state index in [4.69, 9.17) is 5.73 Å². The Labute approximate surface area is 103 Å². The van der Waals surface area contributed by atoms with Crippen LogP contribution >= 0.6 is 0 Å². The van der Waals surface area contributed by atoms with E-state index >= 15 is 0 Å². The van der Waals surface area contributed by atoms with Crippen LogP contribution in [0.25, 0.3) is 0 Å². The van der Waals surface area contributed by atoms with Crippen LogP contribution in [0.5, 0.6) is 0 Å². The summed E-state index contributed by atoms with van der Waals surface area (Å²) in [6.07, 6.45) is 7.56. The minimum absolute atomic E-state index is 0.634. The maximum absolute atomic E-state index is 5.44. The topological polar surface area (TPSA) is 63.8 Å². The molecule has 1 aromatic heterocycles. The molecule has 4 nitrogen and oxygen atoms in total. The highest BCUT2D eigenvalue weighted by atomic mass is 15.2. The van der Waals surface area contributed by atoms with Crippen LogP contribution in [-0.4, -0.2) is 23.3 Å². The Morgan fingerprint density at radius 2 is 2.00 bits per heavy atom. The van der Waals surface area contributed by atoms with E-state index in [9.17, 15) is 0 Å². The molecule has 0 saturated heterocycles. The van der Waals surface area contributed by atoms with Crippen molar-refractivity contribution in [2.45, 2.75) is 44.4 Å². The first-order chi connectivity index (χ1) is 8.40. The van der Waals surface area contributed by atoms with Crippen molar-refractivity contribution in [2.75, 3.05) is 18.4 Å². The largest absolute Gasteiger partial charge is 0.369 e. The lowest BCUT2D eigenvalue weighted by Gasteiger charge is -2.20. The number of nitrogens with two attached hydrogens (primary N) is 1. The monoisotopic (exact) mass is 234 g/mol. The Morgan fingerprint density at radius 3 is 2.65 bits per heavy atom. The summed E-state index contributed by atoms with van der Waals surface area (Å²) in [5.74, 6) is 1.49. The van der Waals surface area contributed by atoms with Gasteiger partial charge in [-0.25, -0.2) is 0 Å². The van der Waals surface area contributed by atoms with Crippen molar-refractivity contribution in [2.24, 2.45) is 5.73 Å². The molecule has 1 saturated carbocycles. The summed E-state index contributed by atoms with van der Waals surface area (Å²) in [4.78, 5) is 0. The summed E-state index contributed by atoms with van der Waals surface area (Å²) < 4.78 is 0. The van der Waals surface area contributed by atoms with Gasteiger partial charge in [0.05, 0.1) is 5.69 Å². The van der Waals surface area contributed by atoms with Crippen LogP contribution in [-0.2, 0) is 0 Å². The van der Waals surface area contributed by atoms with E-state index in [1.54, 1.807) is 0 Å². The predicted octanol–water partition coefficient (Wildman–Crippen LogP) is 2.29. The Bertz CT molecular complexity index is 317. The molecule has 0 amide bonds. The quantitative estimate of drug-likeness (QED) is 0.767. The molecule has 1 aliphatic rings. The zero-order chi connectivity index (χ0) is 11.9. The molecular formula is C13H22N4. The van der Waals surface area contributed by atoms with Crippen molar-refractivity contribution in [3.8, 4) is 0 Å². The second-order valence-corrected chi connectivity index (χ2v) is 4.75. The van der Waals surface area contributed by atoms with Crippen molar-refractivity contribution in [3.05, 3.63) is 17.8 Å². The molecular weight excluding hydrogens is 212 g/mol. The van der Waals surface area contributed by atoms with Crippen LogP contribution in [0.15, 0.2) is 12.1 Å². The molecule has 1 aliphatic carbocycles. The van der Waals surface area contributed by atoms with Crippen LogP contribution in [0.2, 0.25) is 0 Å². The van der Waals surface area contributed by atoms with Crippen molar-refractivity contribution < 1.29 is 0 Å². The molecule has 0 atom stereocenters. The molecule has 4 heteroatoms. The van der Waals surface area contributed by atoms with Crippen molar-refractivity contribution in [1.29, 1.82) is 0 Å². The summed E-state index contributed by atoms with van der Waals surface area (Å²) in [5, 5.41) is 11.8. The van der Waals surface area contributed by atoms with Crippen molar-refractivity contribution in [1.82, 2.24) is 10.2 Å². The van der Waals surface area contributed by atoms with Crippen LogP contribution < -0.4 is 11.1 Å². The van der Waals surface area contributed by atoms with Gasteiger partial charge >= 0.3 is 0 Å². The third-order valence-electron chi connectivity index (χ3n) is 3.40. The maximum atomic E-state index is 5.44. The van der Waals surface area contributed by atoms with Gasteiger partial charge in [0.15, 0.2) is 0 Å². The zero-order valence-electron chi connectivity index (χ0n) is 10.4. The van der Waals surface area contributed by atoms with Crippen LogP contribution in [0.3, 0.4) is 0 Å². The second-order valence-electron chi connectivity index (χ2n) is 4.75. The molecule has 0 spiro atoms. The molecule has 0 radical (unpaired) electrons. The molecule has 1 heterocycles. The van der Waals surface area contributed by atoms with Gasteiger partial charge in [-0.05, 0) is 37.9 Å². The van der Waals surface area contributed by atoms with Crippen molar-refractivity contribution in [3.63, 3.8) is 0 Å². The zero-order valence-corrected chi connectivity index (χ0v) is 10.4. The summed E-state index contributed by atoms with van der Waals surface area (Å²) >= 11 is 0.